The molecule has 0 aliphatic carbocycles. The summed E-state index contributed by atoms with van der Waals surface area (Å²) in [7, 11) is 0. The Labute approximate surface area is 422 Å². The number of amides is 6. The zero-order chi connectivity index (χ0) is 50.9. The van der Waals surface area contributed by atoms with E-state index in [2.05, 4.69) is 31.2 Å². The first-order valence-electron chi connectivity index (χ1n) is 25.2. The third-order valence-electron chi connectivity index (χ3n) is 13.4. The topological polar surface area (TPSA) is 203 Å². The number of carbonyl (C=O) groups excluding carboxylic acids is 6. The van der Waals surface area contributed by atoms with Crippen molar-refractivity contribution in [1.29, 1.82) is 0 Å². The number of benzene rings is 2. The van der Waals surface area contributed by atoms with Crippen LogP contribution in [0.1, 0.15) is 142 Å². The third kappa shape index (κ3) is 16.1. The molecule has 2 saturated heterocycles. The second kappa shape index (κ2) is 26.3. The van der Waals surface area contributed by atoms with Crippen molar-refractivity contribution in [2.75, 3.05) is 32.7 Å². The van der Waals surface area contributed by atoms with E-state index in [1.54, 1.807) is 54.1 Å². The average molecular weight is 989 g/mol. The van der Waals surface area contributed by atoms with Crippen LogP contribution in [0.2, 0.25) is 0 Å². The van der Waals surface area contributed by atoms with Crippen LogP contribution in [0.15, 0.2) is 84.6 Å². The van der Waals surface area contributed by atoms with Gasteiger partial charge < -0.3 is 36.2 Å². The Morgan fingerprint density at radius 1 is 0.859 bits per heavy atom. The summed E-state index contributed by atoms with van der Waals surface area (Å²) in [6.07, 6.45) is 13.9. The van der Waals surface area contributed by atoms with Gasteiger partial charge in [-0.15, -0.1) is 11.3 Å². The number of nitrogens with one attached hydrogen (secondary N) is 4. The largest absolute Gasteiger partial charge is 0.391 e. The van der Waals surface area contributed by atoms with Gasteiger partial charge in [0.1, 0.15) is 12.1 Å². The molecule has 15 nitrogen and oxygen atoms in total. The average Bonchev–Trinajstić information content (AvgIpc) is 3.99. The summed E-state index contributed by atoms with van der Waals surface area (Å²) in [5, 5.41) is 22.5. The SMILES string of the molecule is Cc1ncsc1-c1ccc([C@H](C)NC(=O)[C@@H]2C[C@@H](O)CN2C(=O)[C@@H](NC(=O)CCCCCCNC(=O)c2ccc(C(=O)N3CCC(CCCCNC(=O)/C=C/c4cccnc4)CC3)cc2)C(C)(C)C)cc1. The maximum atomic E-state index is 14.1. The highest BCUT2D eigenvalue weighted by Crippen LogP contribution is 2.30. The Morgan fingerprint density at radius 3 is 2.23 bits per heavy atom. The molecule has 6 amide bonds. The van der Waals surface area contributed by atoms with Gasteiger partial charge in [0.25, 0.3) is 11.8 Å². The van der Waals surface area contributed by atoms with E-state index in [0.717, 1.165) is 78.6 Å². The Balaban J connectivity index is 0.839. The second-order valence-corrected chi connectivity index (χ2v) is 20.9. The number of thiazole rings is 1. The number of hydrogen-bond donors (Lipinski definition) is 5. The molecule has 2 fully saturated rings. The van der Waals surface area contributed by atoms with Crippen molar-refractivity contribution in [3.05, 3.63) is 113 Å². The van der Waals surface area contributed by atoms with Crippen molar-refractivity contribution in [1.82, 2.24) is 41.0 Å². The molecule has 0 radical (unpaired) electrons. The van der Waals surface area contributed by atoms with Gasteiger partial charge in [-0.25, -0.2) is 4.98 Å². The van der Waals surface area contributed by atoms with Crippen LogP contribution in [0.3, 0.4) is 0 Å². The van der Waals surface area contributed by atoms with Crippen molar-refractivity contribution in [3.63, 3.8) is 0 Å². The first-order chi connectivity index (χ1) is 34.1. The molecule has 2 aromatic carbocycles. The second-order valence-electron chi connectivity index (χ2n) is 20.0. The Hall–Kier alpha value is -6.26. The van der Waals surface area contributed by atoms with Crippen LogP contribution in [-0.4, -0.2) is 111 Å². The van der Waals surface area contributed by atoms with Gasteiger partial charge in [0.05, 0.1) is 28.2 Å². The monoisotopic (exact) mass is 989 g/mol. The lowest BCUT2D eigenvalue weighted by Gasteiger charge is -2.35. The number of likely N-dealkylation sites (tertiary alicyclic amines) is 2. The van der Waals surface area contributed by atoms with E-state index < -0.39 is 29.5 Å². The van der Waals surface area contributed by atoms with E-state index in [9.17, 15) is 33.9 Å². The lowest BCUT2D eigenvalue weighted by molar-refractivity contribution is -0.144. The first-order valence-corrected chi connectivity index (χ1v) is 26.1. The Bertz CT molecular complexity index is 2430. The summed E-state index contributed by atoms with van der Waals surface area (Å²) >= 11 is 1.57. The molecule has 16 heteroatoms. The van der Waals surface area contributed by atoms with Crippen molar-refractivity contribution in [2.45, 2.75) is 129 Å². The molecule has 4 aromatic rings. The van der Waals surface area contributed by atoms with E-state index in [1.807, 2.05) is 81.4 Å². The van der Waals surface area contributed by atoms with Gasteiger partial charge in [0.2, 0.25) is 23.6 Å². The van der Waals surface area contributed by atoms with Gasteiger partial charge in [-0.1, -0.05) is 76.8 Å². The molecule has 4 atom stereocenters. The van der Waals surface area contributed by atoms with Gasteiger partial charge >= 0.3 is 0 Å². The molecule has 71 heavy (non-hydrogen) atoms. The lowest BCUT2D eigenvalue weighted by atomic mass is 9.85. The van der Waals surface area contributed by atoms with Crippen LogP contribution in [0.5, 0.6) is 0 Å². The van der Waals surface area contributed by atoms with Crippen LogP contribution in [0.4, 0.5) is 0 Å². The summed E-state index contributed by atoms with van der Waals surface area (Å²) in [5.41, 5.74) is 5.99. The maximum absolute atomic E-state index is 14.1. The number of hydrogen-bond acceptors (Lipinski definition) is 10. The molecule has 2 aromatic heterocycles. The molecule has 0 saturated carbocycles. The molecule has 6 rings (SSSR count). The number of aryl methyl sites for hydroxylation is 1. The lowest BCUT2D eigenvalue weighted by Crippen LogP contribution is -2.57. The van der Waals surface area contributed by atoms with Crippen LogP contribution in [0.25, 0.3) is 16.5 Å². The van der Waals surface area contributed by atoms with Crippen LogP contribution in [-0.2, 0) is 19.2 Å². The highest BCUT2D eigenvalue weighted by Gasteiger charge is 2.44. The van der Waals surface area contributed by atoms with E-state index >= 15 is 0 Å². The molecule has 0 bridgehead atoms. The number of rotatable bonds is 22. The molecule has 5 N–H and O–H groups in total. The third-order valence-corrected chi connectivity index (χ3v) is 14.4. The van der Waals surface area contributed by atoms with E-state index in [4.69, 9.17) is 0 Å². The van der Waals surface area contributed by atoms with E-state index in [0.29, 0.717) is 49.6 Å². The fourth-order valence-corrected chi connectivity index (χ4v) is 9.97. The van der Waals surface area contributed by atoms with Gasteiger partial charge in [-0.05, 0) is 110 Å². The van der Waals surface area contributed by atoms with Crippen LogP contribution < -0.4 is 21.3 Å². The minimum atomic E-state index is -0.904. The predicted molar refractivity (Wildman–Crippen MR) is 277 cm³/mol. The summed E-state index contributed by atoms with van der Waals surface area (Å²) in [6.45, 7) is 11.9. The van der Waals surface area contributed by atoms with Crippen molar-refractivity contribution >= 4 is 52.9 Å². The Kier molecular flexibility index (Phi) is 20.0. The number of pyridine rings is 1. The molecule has 380 valence electrons. The number of aromatic nitrogens is 2. The maximum Gasteiger partial charge on any atom is 0.253 e. The normalized spacial score (nSPS) is 17.2. The van der Waals surface area contributed by atoms with Crippen molar-refractivity contribution < 1.29 is 33.9 Å². The minimum absolute atomic E-state index is 0.000740. The standard InChI is InChI=1S/C55H72N8O7S/c1-37(41-17-19-42(20-18-41)49-38(2)59-36-71-49)60-52(68)46-33-45(64)35-63(46)54(70)50(55(3,4)5)61-48(66)15-8-6-7-10-30-58-51(67)43-21-23-44(24-22-43)53(69)62-31-26-39(27-32-62)13-9-11-29-57-47(65)25-16-40-14-12-28-56-34-40/h12,14,16-25,28,34,36-37,39,45-46,50,64H,6-11,13,15,26-27,29-33,35H2,1-5H3,(H,57,65)(H,58,67)(H,60,68)(H,61,66)/b25-16+/t37-,45+,46-,50+/m0/s1. The van der Waals surface area contributed by atoms with Gasteiger partial charge in [-0.3, -0.25) is 33.8 Å². The van der Waals surface area contributed by atoms with Crippen molar-refractivity contribution in [3.8, 4) is 10.4 Å². The summed E-state index contributed by atoms with van der Waals surface area (Å²) in [5.74, 6) is -0.827. The number of aliphatic hydroxyl groups excluding tert-OH is 1. The zero-order valence-corrected chi connectivity index (χ0v) is 42.8. The smallest absolute Gasteiger partial charge is 0.253 e. The number of piperidine rings is 1. The fourth-order valence-electron chi connectivity index (χ4n) is 9.16. The molecule has 2 aliphatic heterocycles. The Morgan fingerprint density at radius 2 is 1.55 bits per heavy atom. The minimum Gasteiger partial charge on any atom is -0.391 e. The van der Waals surface area contributed by atoms with Gasteiger partial charge in [0.15, 0.2) is 0 Å². The van der Waals surface area contributed by atoms with Crippen molar-refractivity contribution in [2.24, 2.45) is 11.3 Å². The van der Waals surface area contributed by atoms with E-state index in [1.165, 1.54) is 11.0 Å². The van der Waals surface area contributed by atoms with Crippen LogP contribution in [0, 0.1) is 18.3 Å². The fraction of sp³-hybridized carbons (Fsp3) is 0.491. The highest BCUT2D eigenvalue weighted by atomic mass is 32.1. The summed E-state index contributed by atoms with van der Waals surface area (Å²) in [6, 6.07) is 16.3. The van der Waals surface area contributed by atoms with Crippen LogP contribution >= 0.6 is 11.3 Å². The molecule has 4 heterocycles. The van der Waals surface area contributed by atoms with E-state index in [-0.39, 0.29) is 55.0 Å². The molecular weight excluding hydrogens is 917 g/mol. The highest BCUT2D eigenvalue weighted by molar-refractivity contribution is 7.13. The number of carbonyl (C=O) groups is 6. The molecule has 2 aliphatic rings. The number of unbranched alkanes of at least 4 members (excludes halogenated alkanes) is 4. The predicted octanol–water partition coefficient (Wildman–Crippen LogP) is 7.42. The molecule has 0 unspecified atom stereocenters. The molecule has 0 spiro atoms. The van der Waals surface area contributed by atoms with Gasteiger partial charge in [0, 0.05) is 75.2 Å². The van der Waals surface area contributed by atoms with Gasteiger partial charge in [-0.2, -0.15) is 0 Å². The summed E-state index contributed by atoms with van der Waals surface area (Å²) in [4.78, 5) is 92.0. The first kappa shape index (κ1) is 54.1. The quantitative estimate of drug-likeness (QED) is 0.0393. The summed E-state index contributed by atoms with van der Waals surface area (Å²) < 4.78 is 0. The number of aliphatic hydroxyl groups is 1. The molecular formula is C55H72N8O7S. The number of β-amino-alcohol motifs (C(OH)–C–C–N with tert-alkyl or cyclic N) is 1. The zero-order valence-electron chi connectivity index (χ0n) is 42.0. The number of nitrogens with zero attached hydrogens (tertiary/aromatic N) is 4.